The number of rotatable bonds is 4. The normalized spacial score (nSPS) is 10.6. The monoisotopic (exact) mass is 382 g/mol. The first-order valence-corrected chi connectivity index (χ1v) is 8.52. The smallest absolute Gasteiger partial charge is 0.248 e. The fourth-order valence-corrected chi connectivity index (χ4v) is 3.22. The van der Waals surface area contributed by atoms with Gasteiger partial charge in [-0.25, -0.2) is 4.39 Å². The molecular formula is C20H16ClFN4O. The van der Waals surface area contributed by atoms with E-state index in [9.17, 15) is 9.18 Å². The lowest BCUT2D eigenvalue weighted by Gasteiger charge is -2.08. The van der Waals surface area contributed by atoms with Gasteiger partial charge in [-0.2, -0.15) is 10.4 Å². The maximum atomic E-state index is 14.7. The van der Waals surface area contributed by atoms with Crippen LogP contribution in [-0.4, -0.2) is 15.7 Å². The molecule has 0 aliphatic heterocycles. The number of aryl methyl sites for hydroxylation is 1. The van der Waals surface area contributed by atoms with Gasteiger partial charge >= 0.3 is 0 Å². The SMILES string of the molecule is Cc1nn(Cc2ccc(C(N)=O)cc2)c(C)c1-c1ccc(C#N)c(Cl)c1F. The summed E-state index contributed by atoms with van der Waals surface area (Å²) in [6.45, 7) is 4.09. The van der Waals surface area contributed by atoms with Crippen LogP contribution in [0.4, 0.5) is 4.39 Å². The molecule has 136 valence electrons. The second kappa shape index (κ2) is 7.22. The molecule has 0 spiro atoms. The Morgan fingerprint density at radius 2 is 1.93 bits per heavy atom. The standard InChI is InChI=1S/C20H16ClFN4O/c1-11-17(16-8-7-15(9-23)18(21)19(16)22)12(2)26(25-11)10-13-3-5-14(6-4-13)20(24)27/h3-8H,10H2,1-2H3,(H2,24,27). The van der Waals surface area contributed by atoms with Gasteiger partial charge in [-0.3, -0.25) is 9.48 Å². The maximum absolute atomic E-state index is 14.7. The van der Waals surface area contributed by atoms with Crippen molar-refractivity contribution in [3.63, 3.8) is 0 Å². The fraction of sp³-hybridized carbons (Fsp3) is 0.150. The summed E-state index contributed by atoms with van der Waals surface area (Å²) in [6.07, 6.45) is 0. The highest BCUT2D eigenvalue weighted by Gasteiger charge is 2.20. The maximum Gasteiger partial charge on any atom is 0.248 e. The summed E-state index contributed by atoms with van der Waals surface area (Å²) in [5.74, 6) is -1.12. The molecule has 0 fully saturated rings. The number of amides is 1. The number of carbonyl (C=O) groups excluding carboxylic acids is 1. The third-order valence-electron chi connectivity index (χ3n) is 4.42. The predicted molar refractivity (Wildman–Crippen MR) is 101 cm³/mol. The van der Waals surface area contributed by atoms with Crippen molar-refractivity contribution in [1.29, 1.82) is 5.26 Å². The van der Waals surface area contributed by atoms with Gasteiger partial charge in [0.2, 0.25) is 5.91 Å². The van der Waals surface area contributed by atoms with Crippen LogP contribution in [0.3, 0.4) is 0 Å². The van der Waals surface area contributed by atoms with Crippen LogP contribution in [0.2, 0.25) is 5.02 Å². The zero-order valence-corrected chi connectivity index (χ0v) is 15.5. The Hall–Kier alpha value is -3.17. The van der Waals surface area contributed by atoms with Crippen molar-refractivity contribution in [3.8, 4) is 17.2 Å². The largest absolute Gasteiger partial charge is 0.366 e. The minimum Gasteiger partial charge on any atom is -0.366 e. The van der Waals surface area contributed by atoms with Crippen molar-refractivity contribution in [2.45, 2.75) is 20.4 Å². The van der Waals surface area contributed by atoms with Crippen LogP contribution < -0.4 is 5.73 Å². The average molecular weight is 383 g/mol. The third-order valence-corrected chi connectivity index (χ3v) is 4.79. The molecule has 1 aromatic heterocycles. The molecule has 0 bridgehead atoms. The van der Waals surface area contributed by atoms with Crippen LogP contribution in [0.25, 0.3) is 11.1 Å². The number of benzene rings is 2. The average Bonchev–Trinajstić information content (AvgIpc) is 2.91. The number of aromatic nitrogens is 2. The summed E-state index contributed by atoms with van der Waals surface area (Å²) in [5, 5.41) is 13.3. The Kier molecular flexibility index (Phi) is 4.98. The summed E-state index contributed by atoms with van der Waals surface area (Å²) < 4.78 is 16.4. The first-order chi connectivity index (χ1) is 12.8. The van der Waals surface area contributed by atoms with Crippen molar-refractivity contribution in [3.05, 3.63) is 75.3 Å². The van der Waals surface area contributed by atoms with Gasteiger partial charge in [0.1, 0.15) is 6.07 Å². The highest BCUT2D eigenvalue weighted by atomic mass is 35.5. The number of primary amides is 1. The summed E-state index contributed by atoms with van der Waals surface area (Å²) >= 11 is 5.97. The lowest BCUT2D eigenvalue weighted by molar-refractivity contribution is 0.100. The molecule has 3 rings (SSSR count). The molecule has 0 radical (unpaired) electrons. The minimum absolute atomic E-state index is 0.0927. The van der Waals surface area contributed by atoms with Crippen LogP contribution in [0.15, 0.2) is 36.4 Å². The summed E-state index contributed by atoms with van der Waals surface area (Å²) in [4.78, 5) is 11.2. The van der Waals surface area contributed by atoms with Crippen molar-refractivity contribution in [2.75, 3.05) is 0 Å². The van der Waals surface area contributed by atoms with E-state index in [1.165, 1.54) is 6.07 Å². The highest BCUT2D eigenvalue weighted by Crippen LogP contribution is 2.34. The van der Waals surface area contributed by atoms with Crippen LogP contribution in [0.5, 0.6) is 0 Å². The Balaban J connectivity index is 2.00. The number of nitrogens with zero attached hydrogens (tertiary/aromatic N) is 3. The van der Waals surface area contributed by atoms with Crippen molar-refractivity contribution in [1.82, 2.24) is 9.78 Å². The molecule has 1 amide bonds. The van der Waals surface area contributed by atoms with Crippen molar-refractivity contribution < 1.29 is 9.18 Å². The Bertz CT molecular complexity index is 1080. The van der Waals surface area contributed by atoms with Gasteiger partial charge in [0, 0.05) is 22.4 Å². The second-order valence-corrected chi connectivity index (χ2v) is 6.54. The van der Waals surface area contributed by atoms with E-state index in [0.29, 0.717) is 28.9 Å². The minimum atomic E-state index is -0.632. The van der Waals surface area contributed by atoms with Crippen LogP contribution in [-0.2, 0) is 6.54 Å². The Morgan fingerprint density at radius 1 is 1.26 bits per heavy atom. The van der Waals surface area contributed by atoms with E-state index in [1.54, 1.807) is 41.9 Å². The molecule has 2 aromatic carbocycles. The third kappa shape index (κ3) is 3.42. The number of hydrogen-bond donors (Lipinski definition) is 1. The Labute approximate surface area is 160 Å². The molecule has 0 saturated heterocycles. The van der Waals surface area contributed by atoms with Crippen LogP contribution in [0, 0.1) is 31.0 Å². The quantitative estimate of drug-likeness (QED) is 0.740. The highest BCUT2D eigenvalue weighted by molar-refractivity contribution is 6.32. The van der Waals surface area contributed by atoms with E-state index in [-0.39, 0.29) is 10.6 Å². The number of nitrogens with two attached hydrogens (primary N) is 1. The second-order valence-electron chi connectivity index (χ2n) is 6.17. The topological polar surface area (TPSA) is 84.7 Å². The number of nitriles is 1. The Morgan fingerprint density at radius 3 is 2.52 bits per heavy atom. The predicted octanol–water partition coefficient (Wildman–Crippen LogP) is 3.98. The van der Waals surface area contributed by atoms with E-state index < -0.39 is 11.7 Å². The summed E-state index contributed by atoms with van der Waals surface area (Å²) in [5.41, 5.74) is 9.08. The molecule has 27 heavy (non-hydrogen) atoms. The molecule has 5 nitrogen and oxygen atoms in total. The molecular weight excluding hydrogens is 367 g/mol. The van der Waals surface area contributed by atoms with E-state index >= 15 is 0 Å². The van der Waals surface area contributed by atoms with Crippen molar-refractivity contribution >= 4 is 17.5 Å². The first kappa shape index (κ1) is 18.6. The molecule has 3 aromatic rings. The number of halogens is 2. The fourth-order valence-electron chi connectivity index (χ4n) is 3.02. The lowest BCUT2D eigenvalue weighted by atomic mass is 10.0. The van der Waals surface area contributed by atoms with Gasteiger partial charge in [0.05, 0.1) is 22.8 Å². The van der Waals surface area contributed by atoms with Gasteiger partial charge in [0.15, 0.2) is 5.82 Å². The van der Waals surface area contributed by atoms with Gasteiger partial charge in [-0.1, -0.05) is 23.7 Å². The molecule has 0 aliphatic carbocycles. The van der Waals surface area contributed by atoms with E-state index in [2.05, 4.69) is 5.10 Å². The van der Waals surface area contributed by atoms with Crippen LogP contribution in [0.1, 0.15) is 32.9 Å². The van der Waals surface area contributed by atoms with Crippen LogP contribution >= 0.6 is 11.6 Å². The molecule has 2 N–H and O–H groups in total. The molecule has 1 heterocycles. The van der Waals surface area contributed by atoms with Gasteiger partial charge < -0.3 is 5.73 Å². The lowest BCUT2D eigenvalue weighted by Crippen LogP contribution is -2.11. The van der Waals surface area contributed by atoms with Gasteiger partial charge in [0.25, 0.3) is 0 Å². The van der Waals surface area contributed by atoms with E-state index in [0.717, 1.165) is 11.3 Å². The van der Waals surface area contributed by atoms with Gasteiger partial charge in [-0.15, -0.1) is 0 Å². The van der Waals surface area contributed by atoms with E-state index in [4.69, 9.17) is 22.6 Å². The van der Waals surface area contributed by atoms with Crippen molar-refractivity contribution in [2.24, 2.45) is 5.73 Å². The zero-order valence-electron chi connectivity index (χ0n) is 14.8. The molecule has 7 heteroatoms. The number of hydrogen-bond acceptors (Lipinski definition) is 3. The van der Waals surface area contributed by atoms with Gasteiger partial charge in [-0.05, 0) is 43.7 Å². The zero-order chi connectivity index (χ0) is 19.7. The molecule has 0 saturated carbocycles. The molecule has 0 aliphatic rings. The molecule has 0 atom stereocenters. The summed E-state index contributed by atoms with van der Waals surface area (Å²) in [7, 11) is 0. The van der Waals surface area contributed by atoms with E-state index in [1.807, 2.05) is 13.0 Å². The summed E-state index contributed by atoms with van der Waals surface area (Å²) in [6, 6.07) is 11.8. The first-order valence-electron chi connectivity index (χ1n) is 8.14. The molecule has 0 unspecified atom stereocenters. The number of carbonyl (C=O) groups is 1.